The van der Waals surface area contributed by atoms with Crippen molar-refractivity contribution in [1.82, 2.24) is 15.5 Å². The van der Waals surface area contributed by atoms with Crippen LogP contribution in [0.15, 0.2) is 9.52 Å². The topological polar surface area (TPSA) is 89.3 Å². The van der Waals surface area contributed by atoms with Gasteiger partial charge in [-0.2, -0.15) is 4.98 Å². The highest BCUT2D eigenvalue weighted by molar-refractivity contribution is 14.0. The minimum absolute atomic E-state index is 0. The average molecular weight is 365 g/mol. The number of aliphatic imine (C=N–C) groups is 1. The van der Waals surface area contributed by atoms with Gasteiger partial charge in [0, 0.05) is 12.5 Å². The van der Waals surface area contributed by atoms with Gasteiger partial charge in [-0.15, -0.1) is 24.0 Å². The van der Waals surface area contributed by atoms with Crippen LogP contribution in [0.3, 0.4) is 0 Å². The number of hydrogen-bond donors (Lipinski definition) is 2. The van der Waals surface area contributed by atoms with Gasteiger partial charge in [0.15, 0.2) is 11.8 Å². The zero-order valence-corrected chi connectivity index (χ0v) is 12.9. The molecular formula is C11H20IN5O. The van der Waals surface area contributed by atoms with Crippen molar-refractivity contribution in [3.8, 4) is 0 Å². The molecule has 1 saturated carbocycles. The number of aryl methyl sites for hydroxylation is 1. The third-order valence-corrected chi connectivity index (χ3v) is 2.88. The van der Waals surface area contributed by atoms with Crippen LogP contribution >= 0.6 is 24.0 Å². The molecule has 0 bridgehead atoms. The van der Waals surface area contributed by atoms with Gasteiger partial charge in [0.25, 0.3) is 0 Å². The molecule has 7 heteroatoms. The molecule has 0 spiro atoms. The number of rotatable bonds is 4. The summed E-state index contributed by atoms with van der Waals surface area (Å²) in [5.41, 5.74) is 5.80. The SMILES string of the molecule is Cc1noc(CCN=C(N)NC2CCCC2)n1.I. The van der Waals surface area contributed by atoms with Crippen LogP contribution in [0.4, 0.5) is 0 Å². The molecule has 18 heavy (non-hydrogen) atoms. The van der Waals surface area contributed by atoms with Gasteiger partial charge in [0.2, 0.25) is 5.89 Å². The van der Waals surface area contributed by atoms with Gasteiger partial charge in [-0.05, 0) is 19.8 Å². The second kappa shape index (κ2) is 7.55. The predicted molar refractivity (Wildman–Crippen MR) is 80.0 cm³/mol. The van der Waals surface area contributed by atoms with E-state index in [2.05, 4.69) is 20.4 Å². The maximum Gasteiger partial charge on any atom is 0.228 e. The molecule has 6 nitrogen and oxygen atoms in total. The molecular weight excluding hydrogens is 345 g/mol. The number of aromatic nitrogens is 2. The lowest BCUT2D eigenvalue weighted by atomic mass is 10.2. The van der Waals surface area contributed by atoms with Crippen LogP contribution in [0.5, 0.6) is 0 Å². The normalized spacial score (nSPS) is 16.6. The molecule has 2 rings (SSSR count). The van der Waals surface area contributed by atoms with Crippen LogP contribution in [-0.2, 0) is 6.42 Å². The molecule has 3 N–H and O–H groups in total. The summed E-state index contributed by atoms with van der Waals surface area (Å²) in [6, 6.07) is 0.504. The summed E-state index contributed by atoms with van der Waals surface area (Å²) < 4.78 is 4.99. The Morgan fingerprint density at radius 2 is 2.22 bits per heavy atom. The van der Waals surface area contributed by atoms with Crippen molar-refractivity contribution in [2.75, 3.05) is 6.54 Å². The lowest BCUT2D eigenvalue weighted by Gasteiger charge is -2.11. The molecule has 0 saturated heterocycles. The van der Waals surface area contributed by atoms with Crippen LogP contribution in [0.1, 0.15) is 37.4 Å². The summed E-state index contributed by atoms with van der Waals surface area (Å²) in [5.74, 6) is 1.79. The molecule has 1 aromatic heterocycles. The number of guanidine groups is 1. The van der Waals surface area contributed by atoms with Gasteiger partial charge in [-0.1, -0.05) is 18.0 Å². The highest BCUT2D eigenvalue weighted by Gasteiger charge is 2.14. The number of nitrogens with one attached hydrogen (secondary N) is 1. The maximum atomic E-state index is 5.80. The molecule has 1 heterocycles. The van der Waals surface area contributed by atoms with E-state index < -0.39 is 0 Å². The summed E-state index contributed by atoms with van der Waals surface area (Å²) in [6.07, 6.45) is 5.59. The zero-order chi connectivity index (χ0) is 12.1. The molecule has 0 amide bonds. The van der Waals surface area contributed by atoms with E-state index in [1.807, 2.05) is 0 Å². The number of nitrogens with zero attached hydrogens (tertiary/aromatic N) is 3. The van der Waals surface area contributed by atoms with Gasteiger partial charge in [0.05, 0.1) is 6.54 Å². The third kappa shape index (κ3) is 4.79. The third-order valence-electron chi connectivity index (χ3n) is 2.88. The Hall–Kier alpha value is -0.860. The summed E-state index contributed by atoms with van der Waals surface area (Å²) in [6.45, 7) is 2.37. The Balaban J connectivity index is 0.00000162. The fraction of sp³-hybridized carbons (Fsp3) is 0.727. The van der Waals surface area contributed by atoms with Gasteiger partial charge in [-0.25, -0.2) is 0 Å². The Labute approximate surface area is 124 Å². The van der Waals surface area contributed by atoms with E-state index in [-0.39, 0.29) is 24.0 Å². The Kier molecular flexibility index (Phi) is 6.37. The highest BCUT2D eigenvalue weighted by Crippen LogP contribution is 2.17. The van der Waals surface area contributed by atoms with Crippen molar-refractivity contribution < 1.29 is 4.52 Å². The maximum absolute atomic E-state index is 5.80. The summed E-state index contributed by atoms with van der Waals surface area (Å²) in [7, 11) is 0. The van der Waals surface area contributed by atoms with Crippen molar-refractivity contribution >= 4 is 29.9 Å². The first-order chi connectivity index (χ1) is 8.24. The van der Waals surface area contributed by atoms with Crippen molar-refractivity contribution in [3.05, 3.63) is 11.7 Å². The summed E-state index contributed by atoms with van der Waals surface area (Å²) in [5, 5.41) is 6.95. The average Bonchev–Trinajstić information content (AvgIpc) is 2.90. The number of hydrogen-bond acceptors (Lipinski definition) is 4. The van der Waals surface area contributed by atoms with E-state index in [1.165, 1.54) is 25.7 Å². The molecule has 102 valence electrons. The van der Waals surface area contributed by atoms with Crippen LogP contribution in [0, 0.1) is 6.92 Å². The molecule has 1 fully saturated rings. The summed E-state index contributed by atoms with van der Waals surface area (Å²) >= 11 is 0. The van der Waals surface area contributed by atoms with E-state index in [0.717, 1.165) is 0 Å². The van der Waals surface area contributed by atoms with Crippen LogP contribution in [0.25, 0.3) is 0 Å². The Morgan fingerprint density at radius 3 is 2.83 bits per heavy atom. The number of halogens is 1. The van der Waals surface area contributed by atoms with Gasteiger partial charge < -0.3 is 15.6 Å². The molecule has 0 aromatic carbocycles. The lowest BCUT2D eigenvalue weighted by molar-refractivity contribution is 0.376. The molecule has 0 unspecified atom stereocenters. The van der Waals surface area contributed by atoms with E-state index in [1.54, 1.807) is 6.92 Å². The lowest BCUT2D eigenvalue weighted by Crippen LogP contribution is -2.38. The van der Waals surface area contributed by atoms with Gasteiger partial charge >= 0.3 is 0 Å². The van der Waals surface area contributed by atoms with Crippen LogP contribution in [0.2, 0.25) is 0 Å². The molecule has 0 aliphatic heterocycles. The van der Waals surface area contributed by atoms with Crippen molar-refractivity contribution in [1.29, 1.82) is 0 Å². The second-order valence-corrected chi connectivity index (χ2v) is 4.38. The van der Waals surface area contributed by atoms with Crippen LogP contribution < -0.4 is 11.1 Å². The highest BCUT2D eigenvalue weighted by atomic mass is 127. The van der Waals surface area contributed by atoms with E-state index in [0.29, 0.717) is 36.7 Å². The number of nitrogens with two attached hydrogens (primary N) is 1. The van der Waals surface area contributed by atoms with Crippen molar-refractivity contribution in [2.24, 2.45) is 10.7 Å². The quantitative estimate of drug-likeness (QED) is 0.478. The summed E-state index contributed by atoms with van der Waals surface area (Å²) in [4.78, 5) is 8.35. The monoisotopic (exact) mass is 365 g/mol. The minimum Gasteiger partial charge on any atom is -0.370 e. The van der Waals surface area contributed by atoms with E-state index >= 15 is 0 Å². The van der Waals surface area contributed by atoms with Gasteiger partial charge in [0.1, 0.15) is 0 Å². The first kappa shape index (κ1) is 15.2. The largest absolute Gasteiger partial charge is 0.370 e. The zero-order valence-electron chi connectivity index (χ0n) is 10.6. The molecule has 1 aromatic rings. The fourth-order valence-electron chi connectivity index (χ4n) is 2.04. The van der Waals surface area contributed by atoms with E-state index in [4.69, 9.17) is 10.3 Å². The minimum atomic E-state index is 0. The molecule has 1 aliphatic rings. The smallest absolute Gasteiger partial charge is 0.228 e. The molecule has 1 aliphatic carbocycles. The van der Waals surface area contributed by atoms with Crippen molar-refractivity contribution in [2.45, 2.75) is 45.1 Å². The van der Waals surface area contributed by atoms with E-state index in [9.17, 15) is 0 Å². The predicted octanol–water partition coefficient (Wildman–Crippen LogP) is 1.39. The molecule has 0 atom stereocenters. The van der Waals surface area contributed by atoms with Crippen LogP contribution in [-0.4, -0.2) is 28.7 Å². The Bertz CT molecular complexity index is 387. The van der Waals surface area contributed by atoms with Crippen molar-refractivity contribution in [3.63, 3.8) is 0 Å². The molecule has 0 radical (unpaired) electrons. The fourth-order valence-corrected chi connectivity index (χ4v) is 2.04. The first-order valence-corrected chi connectivity index (χ1v) is 6.09. The first-order valence-electron chi connectivity index (χ1n) is 6.09. The second-order valence-electron chi connectivity index (χ2n) is 4.38. The Morgan fingerprint density at radius 1 is 1.50 bits per heavy atom. The standard InChI is InChI=1S/C11H19N5O.HI/c1-8-14-10(17-16-8)6-7-13-11(12)15-9-4-2-3-5-9;/h9H,2-7H2,1H3,(H3,12,13,15);1H. The van der Waals surface area contributed by atoms with Gasteiger partial charge in [-0.3, -0.25) is 4.99 Å².